The number of nitrogens with one attached hydrogen (secondary N) is 2. The Morgan fingerprint density at radius 3 is 2.74 bits per heavy atom. The van der Waals surface area contributed by atoms with Crippen molar-refractivity contribution < 1.29 is 14.3 Å². The maximum Gasteiger partial charge on any atom is 0.228 e. The van der Waals surface area contributed by atoms with Gasteiger partial charge in [0.2, 0.25) is 5.91 Å². The molecule has 23 heavy (non-hydrogen) atoms. The Kier molecular flexibility index (Phi) is 6.42. The molecule has 5 nitrogen and oxygen atoms in total. The molecule has 2 rings (SSSR count). The summed E-state index contributed by atoms with van der Waals surface area (Å²) in [5.74, 6) is 0.919. The van der Waals surface area contributed by atoms with Gasteiger partial charge in [-0.2, -0.15) is 0 Å². The lowest BCUT2D eigenvalue weighted by Gasteiger charge is -2.35. The van der Waals surface area contributed by atoms with Crippen molar-refractivity contribution in [2.45, 2.75) is 33.2 Å². The van der Waals surface area contributed by atoms with Gasteiger partial charge in [0.25, 0.3) is 0 Å². The Morgan fingerprint density at radius 2 is 2.09 bits per heavy atom. The Labute approximate surface area is 138 Å². The van der Waals surface area contributed by atoms with Gasteiger partial charge in [-0.3, -0.25) is 4.79 Å². The Bertz CT molecular complexity index is 519. The minimum atomic E-state index is -0.420. The maximum absolute atomic E-state index is 12.8. The molecule has 5 heteroatoms. The third-order valence-electron chi connectivity index (χ3n) is 4.42. The van der Waals surface area contributed by atoms with Gasteiger partial charge in [-0.25, -0.2) is 0 Å². The van der Waals surface area contributed by atoms with Crippen LogP contribution in [0.5, 0.6) is 5.75 Å². The van der Waals surface area contributed by atoms with Crippen LogP contribution in [0.25, 0.3) is 0 Å². The van der Waals surface area contributed by atoms with E-state index in [1.54, 1.807) is 7.11 Å². The zero-order valence-corrected chi connectivity index (χ0v) is 14.4. The van der Waals surface area contributed by atoms with E-state index in [9.17, 15) is 4.79 Å². The molecule has 0 saturated carbocycles. The first-order valence-electron chi connectivity index (χ1n) is 8.31. The highest BCUT2D eigenvalue weighted by molar-refractivity contribution is 5.83. The fourth-order valence-electron chi connectivity index (χ4n) is 3.08. The third kappa shape index (κ3) is 4.45. The van der Waals surface area contributed by atoms with Crippen LogP contribution in [-0.2, 0) is 16.1 Å². The first kappa shape index (κ1) is 17.8. The molecule has 2 N–H and O–H groups in total. The monoisotopic (exact) mass is 320 g/mol. The van der Waals surface area contributed by atoms with E-state index in [1.807, 2.05) is 32.0 Å². The number of benzene rings is 1. The number of carbonyl (C=O) groups is 1. The van der Waals surface area contributed by atoms with Crippen molar-refractivity contribution >= 4 is 5.91 Å². The number of carbonyl (C=O) groups excluding carboxylic acids is 1. The minimum Gasteiger partial charge on any atom is -0.494 e. The van der Waals surface area contributed by atoms with Crippen molar-refractivity contribution in [1.29, 1.82) is 0 Å². The summed E-state index contributed by atoms with van der Waals surface area (Å²) in [6, 6.07) is 6.08. The predicted octanol–water partition coefficient (Wildman–Crippen LogP) is 2.03. The number of hydrogen-bond acceptors (Lipinski definition) is 4. The fourth-order valence-corrected chi connectivity index (χ4v) is 3.08. The molecule has 128 valence electrons. The lowest BCUT2D eigenvalue weighted by atomic mass is 9.78. The van der Waals surface area contributed by atoms with Crippen molar-refractivity contribution in [3.05, 3.63) is 29.3 Å². The lowest BCUT2D eigenvalue weighted by molar-refractivity contribution is -0.136. The van der Waals surface area contributed by atoms with E-state index in [0.29, 0.717) is 19.8 Å². The number of ether oxygens (including phenoxy) is 2. The Morgan fingerprint density at radius 1 is 1.35 bits per heavy atom. The van der Waals surface area contributed by atoms with Crippen molar-refractivity contribution in [1.82, 2.24) is 10.6 Å². The van der Waals surface area contributed by atoms with Crippen LogP contribution in [0.1, 0.15) is 30.9 Å². The summed E-state index contributed by atoms with van der Waals surface area (Å²) in [4.78, 5) is 12.8. The van der Waals surface area contributed by atoms with Gasteiger partial charge in [0.05, 0.1) is 18.6 Å². The average molecular weight is 320 g/mol. The highest BCUT2D eigenvalue weighted by Crippen LogP contribution is 2.30. The quantitative estimate of drug-likeness (QED) is 0.807. The van der Waals surface area contributed by atoms with Crippen LogP contribution in [0.2, 0.25) is 0 Å². The first-order chi connectivity index (χ1) is 11.1. The van der Waals surface area contributed by atoms with E-state index in [2.05, 4.69) is 10.6 Å². The van der Waals surface area contributed by atoms with Gasteiger partial charge >= 0.3 is 0 Å². The fraction of sp³-hybridized carbons (Fsp3) is 0.611. The van der Waals surface area contributed by atoms with Crippen LogP contribution in [-0.4, -0.2) is 39.3 Å². The number of aryl methyl sites for hydroxylation is 1. The molecule has 0 unspecified atom stereocenters. The molecule has 1 heterocycles. The molecule has 1 aliphatic heterocycles. The van der Waals surface area contributed by atoms with Gasteiger partial charge in [0.1, 0.15) is 5.75 Å². The normalized spacial score (nSPS) is 16.8. The zero-order valence-electron chi connectivity index (χ0n) is 14.4. The SMILES string of the molecule is CCOc1cc(C)ccc1CNC(=O)C1(COC)CCNCC1. The molecule has 0 spiro atoms. The van der Waals surface area contributed by atoms with Crippen molar-refractivity contribution in [3.8, 4) is 5.75 Å². The minimum absolute atomic E-state index is 0.0730. The first-order valence-corrected chi connectivity index (χ1v) is 8.31. The van der Waals surface area contributed by atoms with Gasteiger partial charge in [-0.1, -0.05) is 12.1 Å². The van der Waals surface area contributed by atoms with Gasteiger partial charge in [-0.05, 0) is 51.4 Å². The van der Waals surface area contributed by atoms with E-state index in [1.165, 1.54) is 0 Å². The summed E-state index contributed by atoms with van der Waals surface area (Å²) in [6.45, 7) is 7.27. The second kappa shape index (κ2) is 8.31. The molecule has 0 aliphatic carbocycles. The van der Waals surface area contributed by atoms with E-state index in [0.717, 1.165) is 42.8 Å². The molecule has 0 atom stereocenters. The van der Waals surface area contributed by atoms with Crippen molar-refractivity contribution in [2.24, 2.45) is 5.41 Å². The molecule has 0 bridgehead atoms. The van der Waals surface area contributed by atoms with Crippen LogP contribution in [0.15, 0.2) is 18.2 Å². The molecule has 1 aromatic carbocycles. The third-order valence-corrected chi connectivity index (χ3v) is 4.42. The number of amides is 1. The molecule has 1 fully saturated rings. The molecule has 1 aliphatic rings. The van der Waals surface area contributed by atoms with E-state index in [-0.39, 0.29) is 5.91 Å². The number of methoxy groups -OCH3 is 1. The molecular weight excluding hydrogens is 292 g/mol. The molecule has 0 radical (unpaired) electrons. The van der Waals surface area contributed by atoms with Gasteiger partial charge < -0.3 is 20.1 Å². The highest BCUT2D eigenvalue weighted by Gasteiger charge is 2.39. The number of piperidine rings is 1. The molecular formula is C18H28N2O3. The molecule has 0 aromatic heterocycles. The summed E-state index contributed by atoms with van der Waals surface area (Å²) < 4.78 is 11.0. The summed E-state index contributed by atoms with van der Waals surface area (Å²) in [5, 5.41) is 6.39. The van der Waals surface area contributed by atoms with E-state index < -0.39 is 5.41 Å². The highest BCUT2D eigenvalue weighted by atomic mass is 16.5. The second-order valence-corrected chi connectivity index (χ2v) is 6.19. The van der Waals surface area contributed by atoms with Gasteiger partial charge in [0.15, 0.2) is 0 Å². The number of hydrogen-bond donors (Lipinski definition) is 2. The Balaban J connectivity index is 2.05. The zero-order chi connectivity index (χ0) is 16.7. The van der Waals surface area contributed by atoms with E-state index in [4.69, 9.17) is 9.47 Å². The maximum atomic E-state index is 12.8. The second-order valence-electron chi connectivity index (χ2n) is 6.19. The smallest absolute Gasteiger partial charge is 0.228 e. The van der Waals surface area contributed by atoms with E-state index >= 15 is 0 Å². The molecule has 1 saturated heterocycles. The van der Waals surface area contributed by atoms with Gasteiger partial charge in [0, 0.05) is 19.2 Å². The standard InChI is InChI=1S/C18H28N2O3/c1-4-23-16-11-14(2)5-6-15(16)12-20-17(21)18(13-22-3)7-9-19-10-8-18/h5-6,11,19H,4,7-10,12-13H2,1-3H3,(H,20,21). The topological polar surface area (TPSA) is 59.6 Å². The Hall–Kier alpha value is -1.59. The predicted molar refractivity (Wildman–Crippen MR) is 90.6 cm³/mol. The largest absolute Gasteiger partial charge is 0.494 e. The van der Waals surface area contributed by atoms with Crippen LogP contribution in [0.3, 0.4) is 0 Å². The summed E-state index contributed by atoms with van der Waals surface area (Å²) in [5.41, 5.74) is 1.74. The number of rotatable bonds is 7. The van der Waals surface area contributed by atoms with Crippen molar-refractivity contribution in [3.63, 3.8) is 0 Å². The average Bonchev–Trinajstić information content (AvgIpc) is 2.55. The van der Waals surface area contributed by atoms with Crippen molar-refractivity contribution in [2.75, 3.05) is 33.4 Å². The van der Waals surface area contributed by atoms with Crippen LogP contribution in [0.4, 0.5) is 0 Å². The van der Waals surface area contributed by atoms with Gasteiger partial charge in [-0.15, -0.1) is 0 Å². The van der Waals surface area contributed by atoms with Crippen LogP contribution in [0, 0.1) is 12.3 Å². The summed E-state index contributed by atoms with van der Waals surface area (Å²) in [7, 11) is 1.66. The molecule has 1 amide bonds. The summed E-state index contributed by atoms with van der Waals surface area (Å²) in [6.07, 6.45) is 1.61. The lowest BCUT2D eigenvalue weighted by Crippen LogP contribution is -2.50. The summed E-state index contributed by atoms with van der Waals surface area (Å²) >= 11 is 0. The van der Waals surface area contributed by atoms with Crippen LogP contribution >= 0.6 is 0 Å². The molecule has 1 aromatic rings. The van der Waals surface area contributed by atoms with Crippen LogP contribution < -0.4 is 15.4 Å².